The van der Waals surface area contributed by atoms with Crippen molar-refractivity contribution in [3.8, 4) is 17.1 Å². The van der Waals surface area contributed by atoms with E-state index in [-0.39, 0.29) is 12.4 Å². The standard InChI is InChI=1S/C24H26ClN3O3S/c1-16(29)17-10-12-20(13-11-17)31-14-19(30)15-32-24-27-26-23(21-8-4-5-9-22(21)25)28(24)18-6-2-3-7-18/h4-5,8-13,18-19,30H,2-3,6-7,14-15H2,1H3. The lowest BCUT2D eigenvalue weighted by Gasteiger charge is -2.18. The Hall–Kier alpha value is -2.35. The number of hydrogen-bond donors (Lipinski definition) is 1. The van der Waals surface area contributed by atoms with Gasteiger partial charge >= 0.3 is 0 Å². The van der Waals surface area contributed by atoms with Crippen molar-refractivity contribution in [1.29, 1.82) is 0 Å². The van der Waals surface area contributed by atoms with Crippen molar-refractivity contribution in [1.82, 2.24) is 14.8 Å². The van der Waals surface area contributed by atoms with Gasteiger partial charge in [-0.25, -0.2) is 0 Å². The number of halogens is 1. The minimum atomic E-state index is -0.676. The van der Waals surface area contributed by atoms with Crippen LogP contribution in [0, 0.1) is 0 Å². The number of Topliss-reactive ketones (excluding diaryl/α,β-unsaturated/α-hetero) is 1. The number of hydrogen-bond acceptors (Lipinski definition) is 6. The van der Waals surface area contributed by atoms with Gasteiger partial charge in [0.05, 0.1) is 11.1 Å². The van der Waals surface area contributed by atoms with Gasteiger partial charge in [0, 0.05) is 22.9 Å². The van der Waals surface area contributed by atoms with Crippen molar-refractivity contribution in [3.63, 3.8) is 0 Å². The SMILES string of the molecule is CC(=O)c1ccc(OCC(O)CSc2nnc(-c3ccccc3Cl)n2C2CCCC2)cc1. The zero-order chi connectivity index (χ0) is 22.5. The molecule has 8 heteroatoms. The van der Waals surface area contributed by atoms with E-state index in [1.165, 1.54) is 31.5 Å². The van der Waals surface area contributed by atoms with Crippen LogP contribution in [0.3, 0.4) is 0 Å². The van der Waals surface area contributed by atoms with Gasteiger partial charge in [-0.05, 0) is 56.2 Å². The zero-order valence-corrected chi connectivity index (χ0v) is 19.5. The molecular weight excluding hydrogens is 446 g/mol. The Kier molecular flexibility index (Phi) is 7.50. The van der Waals surface area contributed by atoms with Crippen LogP contribution >= 0.6 is 23.4 Å². The quantitative estimate of drug-likeness (QED) is 0.330. The predicted octanol–water partition coefficient (Wildman–Crippen LogP) is 5.45. The Balaban J connectivity index is 1.42. The smallest absolute Gasteiger partial charge is 0.191 e. The molecule has 168 valence electrons. The second kappa shape index (κ2) is 10.5. The molecule has 3 aromatic rings. The van der Waals surface area contributed by atoms with E-state index in [1.54, 1.807) is 24.3 Å². The van der Waals surface area contributed by atoms with Gasteiger partial charge in [-0.15, -0.1) is 10.2 Å². The van der Waals surface area contributed by atoms with E-state index in [0.29, 0.717) is 28.1 Å². The minimum absolute atomic E-state index is 0.00974. The van der Waals surface area contributed by atoms with Crippen LogP contribution in [-0.2, 0) is 0 Å². The molecule has 0 amide bonds. The van der Waals surface area contributed by atoms with E-state index < -0.39 is 6.10 Å². The molecule has 1 aliphatic rings. The van der Waals surface area contributed by atoms with Crippen LogP contribution in [0.5, 0.6) is 5.75 Å². The van der Waals surface area contributed by atoms with Crippen LogP contribution in [0.2, 0.25) is 5.02 Å². The molecule has 1 atom stereocenters. The molecule has 0 radical (unpaired) electrons. The predicted molar refractivity (Wildman–Crippen MR) is 127 cm³/mol. The molecule has 4 rings (SSSR count). The van der Waals surface area contributed by atoms with Gasteiger partial charge in [0.2, 0.25) is 0 Å². The first-order valence-corrected chi connectivity index (χ1v) is 12.1. The summed E-state index contributed by atoms with van der Waals surface area (Å²) in [4.78, 5) is 11.4. The molecule has 1 aromatic heterocycles. The van der Waals surface area contributed by atoms with E-state index in [9.17, 15) is 9.90 Å². The Morgan fingerprint density at radius 1 is 1.19 bits per heavy atom. The number of rotatable bonds is 9. The maximum Gasteiger partial charge on any atom is 0.191 e. The zero-order valence-electron chi connectivity index (χ0n) is 17.9. The third-order valence-corrected chi connectivity index (χ3v) is 6.99. The molecule has 1 unspecified atom stereocenters. The molecule has 32 heavy (non-hydrogen) atoms. The fourth-order valence-corrected chi connectivity index (χ4v) is 5.02. The molecule has 0 aliphatic heterocycles. The summed E-state index contributed by atoms with van der Waals surface area (Å²) in [6, 6.07) is 14.9. The van der Waals surface area contributed by atoms with Gasteiger partial charge in [-0.1, -0.05) is 48.3 Å². The van der Waals surface area contributed by atoms with E-state index in [4.69, 9.17) is 16.3 Å². The van der Waals surface area contributed by atoms with Crippen molar-refractivity contribution >= 4 is 29.1 Å². The lowest BCUT2D eigenvalue weighted by atomic mass is 10.1. The van der Waals surface area contributed by atoms with Crippen molar-refractivity contribution in [2.24, 2.45) is 0 Å². The number of aliphatic hydroxyl groups excluding tert-OH is 1. The lowest BCUT2D eigenvalue weighted by molar-refractivity contribution is 0.101. The monoisotopic (exact) mass is 471 g/mol. The molecule has 1 heterocycles. The molecule has 1 aliphatic carbocycles. The second-order valence-electron chi connectivity index (χ2n) is 7.95. The summed E-state index contributed by atoms with van der Waals surface area (Å²) in [5.41, 5.74) is 1.51. The summed E-state index contributed by atoms with van der Waals surface area (Å²) in [6.07, 6.45) is 3.88. The van der Waals surface area contributed by atoms with Crippen LogP contribution in [0.15, 0.2) is 53.7 Å². The normalized spacial score (nSPS) is 15.1. The second-order valence-corrected chi connectivity index (χ2v) is 9.35. The number of aliphatic hydroxyl groups is 1. The van der Waals surface area contributed by atoms with E-state index in [0.717, 1.165) is 29.4 Å². The molecule has 1 N–H and O–H groups in total. The molecule has 1 fully saturated rings. The molecule has 0 bridgehead atoms. The maximum atomic E-state index is 11.4. The van der Waals surface area contributed by atoms with Crippen LogP contribution < -0.4 is 4.74 Å². The average Bonchev–Trinajstić information content (AvgIpc) is 3.46. The third-order valence-electron chi connectivity index (χ3n) is 5.58. The van der Waals surface area contributed by atoms with Crippen molar-refractivity contribution in [2.45, 2.75) is 49.9 Å². The highest BCUT2D eigenvalue weighted by molar-refractivity contribution is 7.99. The van der Waals surface area contributed by atoms with Gasteiger partial charge in [0.15, 0.2) is 16.8 Å². The van der Waals surface area contributed by atoms with Gasteiger partial charge in [-0.3, -0.25) is 9.36 Å². The Morgan fingerprint density at radius 3 is 2.59 bits per heavy atom. The number of ether oxygens (including phenoxy) is 1. The maximum absolute atomic E-state index is 11.4. The molecule has 2 aromatic carbocycles. The van der Waals surface area contributed by atoms with E-state index in [2.05, 4.69) is 14.8 Å². The van der Waals surface area contributed by atoms with E-state index in [1.807, 2.05) is 24.3 Å². The first kappa shape index (κ1) is 22.8. The molecule has 1 saturated carbocycles. The summed E-state index contributed by atoms with van der Waals surface area (Å²) < 4.78 is 7.86. The molecular formula is C24H26ClN3O3S. The average molecular weight is 472 g/mol. The number of thioether (sulfide) groups is 1. The van der Waals surface area contributed by atoms with E-state index >= 15 is 0 Å². The Labute approximate surface area is 197 Å². The third kappa shape index (κ3) is 5.34. The molecule has 6 nitrogen and oxygen atoms in total. The van der Waals surface area contributed by atoms with Crippen LogP contribution in [0.1, 0.15) is 49.0 Å². The highest BCUT2D eigenvalue weighted by atomic mass is 35.5. The van der Waals surface area contributed by atoms with Gasteiger partial charge in [0.25, 0.3) is 0 Å². The molecule has 0 spiro atoms. The number of aromatic nitrogens is 3. The highest BCUT2D eigenvalue weighted by Crippen LogP contribution is 2.38. The summed E-state index contributed by atoms with van der Waals surface area (Å²) in [5, 5.41) is 20.8. The number of carbonyl (C=O) groups excluding carboxylic acids is 1. The van der Waals surface area contributed by atoms with Crippen molar-refractivity contribution in [2.75, 3.05) is 12.4 Å². The number of benzene rings is 2. The summed E-state index contributed by atoms with van der Waals surface area (Å²) >= 11 is 7.91. The fourth-order valence-electron chi connectivity index (χ4n) is 3.89. The summed E-state index contributed by atoms with van der Waals surface area (Å²) in [6.45, 7) is 1.68. The Morgan fingerprint density at radius 2 is 1.91 bits per heavy atom. The van der Waals surface area contributed by atoms with Crippen LogP contribution in [-0.4, -0.2) is 44.1 Å². The lowest BCUT2D eigenvalue weighted by Crippen LogP contribution is -2.20. The van der Waals surface area contributed by atoms with Crippen molar-refractivity contribution in [3.05, 3.63) is 59.1 Å². The number of nitrogens with zero attached hydrogens (tertiary/aromatic N) is 3. The van der Waals surface area contributed by atoms with Gasteiger partial charge in [-0.2, -0.15) is 0 Å². The largest absolute Gasteiger partial charge is 0.491 e. The van der Waals surface area contributed by atoms with Crippen molar-refractivity contribution < 1.29 is 14.6 Å². The number of ketones is 1. The topological polar surface area (TPSA) is 77.2 Å². The fraction of sp³-hybridized carbons (Fsp3) is 0.375. The molecule has 0 saturated heterocycles. The van der Waals surface area contributed by atoms with Crippen LogP contribution in [0.4, 0.5) is 0 Å². The van der Waals surface area contributed by atoms with Gasteiger partial charge < -0.3 is 9.84 Å². The summed E-state index contributed by atoms with van der Waals surface area (Å²) in [5.74, 6) is 1.84. The Bertz CT molecular complexity index is 1060. The van der Waals surface area contributed by atoms with Gasteiger partial charge in [0.1, 0.15) is 12.4 Å². The number of carbonyl (C=O) groups is 1. The summed E-state index contributed by atoms with van der Waals surface area (Å²) in [7, 11) is 0. The minimum Gasteiger partial charge on any atom is -0.491 e. The highest BCUT2D eigenvalue weighted by Gasteiger charge is 2.26. The first-order chi connectivity index (χ1) is 15.5. The first-order valence-electron chi connectivity index (χ1n) is 10.8. The van der Waals surface area contributed by atoms with Crippen LogP contribution in [0.25, 0.3) is 11.4 Å².